The zero-order valence-corrected chi connectivity index (χ0v) is 25.5. The lowest BCUT2D eigenvalue weighted by Gasteiger charge is -2.27. The average molecular weight is 587 g/mol. The van der Waals surface area contributed by atoms with Crippen LogP contribution in [0.3, 0.4) is 0 Å². The molecule has 44 heavy (non-hydrogen) atoms. The highest BCUT2D eigenvalue weighted by Crippen LogP contribution is 2.33. The van der Waals surface area contributed by atoms with E-state index >= 15 is 0 Å². The van der Waals surface area contributed by atoms with Gasteiger partial charge in [0, 0.05) is 29.4 Å². The van der Waals surface area contributed by atoms with Crippen LogP contribution in [0.5, 0.6) is 11.5 Å². The van der Waals surface area contributed by atoms with Crippen molar-refractivity contribution in [3.63, 3.8) is 0 Å². The van der Waals surface area contributed by atoms with E-state index in [1.165, 1.54) is 0 Å². The van der Waals surface area contributed by atoms with Crippen molar-refractivity contribution in [2.45, 2.75) is 40.2 Å². The number of para-hydroxylation sites is 1. The summed E-state index contributed by atoms with van der Waals surface area (Å²) >= 11 is 0. The Labute approximate surface area is 257 Å². The molecule has 0 aliphatic carbocycles. The molecule has 0 atom stereocenters. The van der Waals surface area contributed by atoms with E-state index in [4.69, 9.17) is 14.6 Å². The van der Waals surface area contributed by atoms with Crippen LogP contribution in [-0.2, 0) is 16.0 Å². The van der Waals surface area contributed by atoms with Gasteiger partial charge < -0.3 is 9.47 Å². The van der Waals surface area contributed by atoms with Gasteiger partial charge in [-0.3, -0.25) is 14.5 Å². The number of benzene rings is 3. The van der Waals surface area contributed by atoms with Crippen molar-refractivity contribution in [3.8, 4) is 34.5 Å². The van der Waals surface area contributed by atoms with Crippen LogP contribution in [0.4, 0.5) is 0 Å². The lowest BCUT2D eigenvalue weighted by atomic mass is 9.93. The highest BCUT2D eigenvalue weighted by molar-refractivity contribution is 6.19. The fourth-order valence-corrected chi connectivity index (χ4v) is 5.13. The van der Waals surface area contributed by atoms with E-state index in [0.29, 0.717) is 23.3 Å². The first-order chi connectivity index (χ1) is 21.2. The number of nitriles is 1. The minimum absolute atomic E-state index is 0.0360. The molecule has 0 unspecified atom stereocenters. The molecule has 222 valence electrons. The standard InChI is InChI=1S/C36H34N4O4/c1-23(2)44-33-16-13-27(19-24(33)3)34-28(22-40(38-34)29-9-7-6-8-10-29)20-31-25(4)32(21-37)36(42)39(35(31)41)18-17-26-11-14-30(43-5)15-12-26/h6-16,19-20,22-23H,17-18H2,1-5H3/b31-20+. The quantitative estimate of drug-likeness (QED) is 0.165. The first-order valence-corrected chi connectivity index (χ1v) is 14.4. The number of aromatic nitrogens is 2. The number of rotatable bonds is 9. The Balaban J connectivity index is 1.57. The van der Waals surface area contributed by atoms with Crippen LogP contribution in [-0.4, -0.2) is 46.3 Å². The Bertz CT molecular complexity index is 1810. The van der Waals surface area contributed by atoms with Crippen LogP contribution in [0.2, 0.25) is 0 Å². The van der Waals surface area contributed by atoms with Gasteiger partial charge in [-0.15, -0.1) is 0 Å². The predicted octanol–water partition coefficient (Wildman–Crippen LogP) is 6.48. The molecule has 0 bridgehead atoms. The van der Waals surface area contributed by atoms with Gasteiger partial charge in [0.2, 0.25) is 0 Å². The van der Waals surface area contributed by atoms with E-state index in [-0.39, 0.29) is 23.8 Å². The second-order valence-electron chi connectivity index (χ2n) is 10.9. The van der Waals surface area contributed by atoms with Gasteiger partial charge in [-0.1, -0.05) is 30.3 Å². The number of amides is 2. The number of aryl methyl sites for hydroxylation is 1. The summed E-state index contributed by atoms with van der Waals surface area (Å²) < 4.78 is 12.9. The summed E-state index contributed by atoms with van der Waals surface area (Å²) in [6.07, 6.45) is 4.07. The Morgan fingerprint density at radius 1 is 0.977 bits per heavy atom. The van der Waals surface area contributed by atoms with Crippen LogP contribution in [0.25, 0.3) is 23.0 Å². The summed E-state index contributed by atoms with van der Waals surface area (Å²) in [7, 11) is 1.60. The van der Waals surface area contributed by atoms with E-state index in [0.717, 1.165) is 38.8 Å². The molecule has 0 fully saturated rings. The van der Waals surface area contributed by atoms with Crippen LogP contribution in [0.1, 0.15) is 37.5 Å². The maximum atomic E-state index is 13.9. The zero-order valence-electron chi connectivity index (χ0n) is 25.5. The van der Waals surface area contributed by atoms with Gasteiger partial charge in [0.05, 0.1) is 24.6 Å². The summed E-state index contributed by atoms with van der Waals surface area (Å²) in [5, 5.41) is 14.8. The third kappa shape index (κ3) is 6.18. The number of ether oxygens (including phenoxy) is 2. The van der Waals surface area contributed by atoms with Crippen molar-refractivity contribution in [2.24, 2.45) is 0 Å². The number of nitrogens with zero attached hydrogens (tertiary/aromatic N) is 4. The lowest BCUT2D eigenvalue weighted by molar-refractivity contribution is -0.140. The molecule has 2 heterocycles. The Morgan fingerprint density at radius 2 is 1.70 bits per heavy atom. The minimum Gasteiger partial charge on any atom is -0.497 e. The maximum absolute atomic E-state index is 13.9. The highest BCUT2D eigenvalue weighted by atomic mass is 16.5. The zero-order chi connectivity index (χ0) is 31.4. The van der Waals surface area contributed by atoms with Crippen molar-refractivity contribution in [2.75, 3.05) is 13.7 Å². The van der Waals surface area contributed by atoms with E-state index < -0.39 is 11.8 Å². The predicted molar refractivity (Wildman–Crippen MR) is 169 cm³/mol. The first-order valence-electron chi connectivity index (χ1n) is 14.4. The van der Waals surface area contributed by atoms with Crippen molar-refractivity contribution in [1.29, 1.82) is 5.26 Å². The number of carbonyl (C=O) groups excluding carboxylic acids is 2. The molecular formula is C36H34N4O4. The number of hydrogen-bond donors (Lipinski definition) is 0. The SMILES string of the molecule is COc1ccc(CCN2C(=O)C(C#N)=C(C)/C(=C\c3cn(-c4ccccc4)nc3-c3ccc(OC(C)C)c(C)c3)C2=O)cc1. The van der Waals surface area contributed by atoms with Crippen molar-refractivity contribution < 1.29 is 19.1 Å². The number of methoxy groups -OCH3 is 1. The van der Waals surface area contributed by atoms with Crippen LogP contribution >= 0.6 is 0 Å². The molecule has 1 aliphatic heterocycles. The molecule has 3 aromatic carbocycles. The second-order valence-corrected chi connectivity index (χ2v) is 10.9. The van der Waals surface area contributed by atoms with Gasteiger partial charge in [0.25, 0.3) is 11.8 Å². The molecular weight excluding hydrogens is 552 g/mol. The molecule has 0 saturated carbocycles. The summed E-state index contributed by atoms with van der Waals surface area (Å²) in [4.78, 5) is 28.3. The molecule has 4 aromatic rings. The third-order valence-electron chi connectivity index (χ3n) is 7.48. The van der Waals surface area contributed by atoms with E-state index in [2.05, 4.69) is 0 Å². The summed E-state index contributed by atoms with van der Waals surface area (Å²) in [5.41, 5.74) is 5.50. The number of imide groups is 1. The molecule has 2 amide bonds. The fraction of sp³-hybridized carbons (Fsp3) is 0.222. The van der Waals surface area contributed by atoms with Crippen LogP contribution in [0.15, 0.2) is 95.7 Å². The van der Waals surface area contributed by atoms with Crippen molar-refractivity contribution in [1.82, 2.24) is 14.7 Å². The third-order valence-corrected chi connectivity index (χ3v) is 7.48. The Hall–Kier alpha value is -5.42. The normalized spacial score (nSPS) is 14.4. The summed E-state index contributed by atoms with van der Waals surface area (Å²) in [6, 6.07) is 25.1. The Morgan fingerprint density at radius 3 is 2.34 bits per heavy atom. The monoisotopic (exact) mass is 586 g/mol. The highest BCUT2D eigenvalue weighted by Gasteiger charge is 2.35. The smallest absolute Gasteiger partial charge is 0.271 e. The van der Waals surface area contributed by atoms with E-state index in [9.17, 15) is 14.9 Å². The Kier molecular flexibility index (Phi) is 8.77. The second kappa shape index (κ2) is 12.8. The molecule has 0 saturated heterocycles. The van der Waals surface area contributed by atoms with Gasteiger partial charge in [-0.05, 0) is 99.4 Å². The average Bonchev–Trinajstić information content (AvgIpc) is 3.45. The van der Waals surface area contributed by atoms with Gasteiger partial charge in [0.1, 0.15) is 23.1 Å². The first kappa shape index (κ1) is 30.1. The topological polar surface area (TPSA) is 97.5 Å². The molecule has 0 spiro atoms. The summed E-state index contributed by atoms with van der Waals surface area (Å²) in [5.74, 6) is 0.475. The summed E-state index contributed by atoms with van der Waals surface area (Å²) in [6.45, 7) is 7.72. The van der Waals surface area contributed by atoms with E-state index in [1.807, 2.05) is 106 Å². The van der Waals surface area contributed by atoms with Gasteiger partial charge >= 0.3 is 0 Å². The maximum Gasteiger partial charge on any atom is 0.271 e. The minimum atomic E-state index is -0.586. The lowest BCUT2D eigenvalue weighted by Crippen LogP contribution is -2.43. The van der Waals surface area contributed by atoms with Crippen LogP contribution in [0, 0.1) is 18.3 Å². The van der Waals surface area contributed by atoms with E-state index in [1.54, 1.807) is 24.8 Å². The molecule has 8 nitrogen and oxygen atoms in total. The molecule has 8 heteroatoms. The molecule has 1 aromatic heterocycles. The number of carbonyl (C=O) groups is 2. The van der Waals surface area contributed by atoms with Gasteiger partial charge in [-0.2, -0.15) is 10.4 Å². The van der Waals surface area contributed by atoms with Crippen molar-refractivity contribution in [3.05, 3.63) is 112 Å². The largest absolute Gasteiger partial charge is 0.497 e. The van der Waals surface area contributed by atoms with Gasteiger partial charge in [-0.25, -0.2) is 4.68 Å². The van der Waals surface area contributed by atoms with Gasteiger partial charge in [0.15, 0.2) is 0 Å². The van der Waals surface area contributed by atoms with Crippen LogP contribution < -0.4 is 9.47 Å². The molecule has 1 aliphatic rings. The fourth-order valence-electron chi connectivity index (χ4n) is 5.13. The molecule has 0 N–H and O–H groups in total. The molecule has 5 rings (SSSR count). The van der Waals surface area contributed by atoms with Crippen molar-refractivity contribution >= 4 is 17.9 Å². The molecule has 0 radical (unpaired) electrons. The number of hydrogen-bond acceptors (Lipinski definition) is 6.